The van der Waals surface area contributed by atoms with E-state index in [2.05, 4.69) is 59.3 Å². The molecule has 1 aliphatic heterocycles. The number of aromatic nitrogens is 1. The van der Waals surface area contributed by atoms with E-state index in [0.717, 1.165) is 42.5 Å². The second-order valence-corrected chi connectivity index (χ2v) is 8.36. The number of aliphatic carboxylic acids is 2. The van der Waals surface area contributed by atoms with E-state index in [4.69, 9.17) is 20.4 Å². The Hall–Kier alpha value is -3.53. The Labute approximate surface area is 195 Å². The third-order valence-corrected chi connectivity index (χ3v) is 5.89. The fourth-order valence-corrected chi connectivity index (χ4v) is 4.02. The van der Waals surface area contributed by atoms with Gasteiger partial charge in [0.15, 0.2) is 12.2 Å². The number of aromatic amines is 1. The first-order valence-electron chi connectivity index (χ1n) is 10.9. The van der Waals surface area contributed by atoms with Gasteiger partial charge in [-0.05, 0) is 48.5 Å². The van der Waals surface area contributed by atoms with Crippen LogP contribution < -0.4 is 5.56 Å². The molecule has 4 rings (SSSR count). The van der Waals surface area contributed by atoms with Gasteiger partial charge in [-0.2, -0.15) is 0 Å². The van der Waals surface area contributed by atoms with Crippen molar-refractivity contribution in [1.82, 2.24) is 9.88 Å². The number of hydrogen-bond acceptors (Lipinski definition) is 6. The fourth-order valence-electron chi connectivity index (χ4n) is 4.02. The standard InChI is InChI=1S/C21H22N2O.C4H6O6/c1-15-6-5-9-18-19(15)12-20(22-21(18)24)17-10-11-23(14-17)13-16-7-3-2-4-8-16;5-1(3(7)8)2(6)4(9)10/h2-9,12,17H,10-11,13-14H2,1H3,(H,22,24);1-2,5-6H,(H,7,8)(H,9,10). The van der Waals surface area contributed by atoms with Gasteiger partial charge >= 0.3 is 11.9 Å². The molecule has 3 unspecified atom stereocenters. The molecule has 1 fully saturated rings. The molecular formula is C25H28N2O7. The topological polar surface area (TPSA) is 151 Å². The van der Waals surface area contributed by atoms with Crippen molar-refractivity contribution < 1.29 is 30.0 Å². The van der Waals surface area contributed by atoms with Crippen molar-refractivity contribution in [2.24, 2.45) is 0 Å². The zero-order valence-electron chi connectivity index (χ0n) is 18.7. The first-order chi connectivity index (χ1) is 16.2. The lowest BCUT2D eigenvalue weighted by atomic mass is 10.00. The molecule has 2 aromatic carbocycles. The molecule has 1 aliphatic rings. The first kappa shape index (κ1) is 25.1. The van der Waals surface area contributed by atoms with Gasteiger partial charge in [-0.3, -0.25) is 9.69 Å². The molecule has 9 heteroatoms. The molecule has 0 saturated carbocycles. The SMILES string of the molecule is Cc1cccc2c(=O)[nH]c(C3CCN(Cc4ccccc4)C3)cc12.O=C(O)C(O)C(O)C(=O)O. The summed E-state index contributed by atoms with van der Waals surface area (Å²) < 4.78 is 0. The van der Waals surface area contributed by atoms with E-state index >= 15 is 0 Å². The summed E-state index contributed by atoms with van der Waals surface area (Å²) in [6, 6.07) is 18.7. The van der Waals surface area contributed by atoms with Crippen LogP contribution in [-0.4, -0.2) is 67.5 Å². The number of pyridine rings is 1. The van der Waals surface area contributed by atoms with Gasteiger partial charge in [-0.15, -0.1) is 0 Å². The van der Waals surface area contributed by atoms with Crippen LogP contribution in [0.4, 0.5) is 0 Å². The molecular weight excluding hydrogens is 440 g/mol. The van der Waals surface area contributed by atoms with Crippen LogP contribution in [0.15, 0.2) is 59.4 Å². The Morgan fingerprint density at radius 3 is 2.26 bits per heavy atom. The predicted molar refractivity (Wildman–Crippen MR) is 126 cm³/mol. The van der Waals surface area contributed by atoms with Crippen molar-refractivity contribution in [3.05, 3.63) is 81.8 Å². The van der Waals surface area contributed by atoms with Crippen LogP contribution in [0.1, 0.15) is 29.2 Å². The summed E-state index contributed by atoms with van der Waals surface area (Å²) in [7, 11) is 0. The average molecular weight is 469 g/mol. The smallest absolute Gasteiger partial charge is 0.335 e. The Bertz CT molecular complexity index is 1190. The lowest BCUT2D eigenvalue weighted by Crippen LogP contribution is -2.39. The van der Waals surface area contributed by atoms with Gasteiger partial charge in [-0.25, -0.2) is 9.59 Å². The highest BCUT2D eigenvalue weighted by molar-refractivity contribution is 5.85. The summed E-state index contributed by atoms with van der Waals surface area (Å²) in [6.07, 6.45) is -3.44. The minimum atomic E-state index is -2.27. The quantitative estimate of drug-likeness (QED) is 0.367. The largest absolute Gasteiger partial charge is 0.479 e. The summed E-state index contributed by atoms with van der Waals surface area (Å²) in [6.45, 7) is 5.13. The molecule has 0 amide bonds. The number of aliphatic hydroxyl groups excluding tert-OH is 2. The number of aliphatic hydroxyl groups is 2. The van der Waals surface area contributed by atoms with Gasteiger partial charge in [0.1, 0.15) is 0 Å². The fraction of sp³-hybridized carbons (Fsp3) is 0.320. The Morgan fingerprint density at radius 2 is 1.65 bits per heavy atom. The van der Waals surface area contributed by atoms with Gasteiger partial charge in [-0.1, -0.05) is 42.5 Å². The van der Waals surface area contributed by atoms with Crippen LogP contribution in [0, 0.1) is 6.92 Å². The van der Waals surface area contributed by atoms with Gasteiger partial charge in [0.05, 0.1) is 0 Å². The normalized spacial score (nSPS) is 17.6. The summed E-state index contributed by atoms with van der Waals surface area (Å²) in [5.74, 6) is -3.13. The van der Waals surface area contributed by atoms with E-state index in [1.54, 1.807) is 0 Å². The number of H-pyrrole nitrogens is 1. The number of carbonyl (C=O) groups is 2. The summed E-state index contributed by atoms with van der Waals surface area (Å²) >= 11 is 0. The van der Waals surface area contributed by atoms with E-state index in [9.17, 15) is 14.4 Å². The minimum absolute atomic E-state index is 0.0349. The molecule has 9 nitrogen and oxygen atoms in total. The summed E-state index contributed by atoms with van der Waals surface area (Å²) in [4.78, 5) is 37.5. The molecule has 0 radical (unpaired) electrons. The third-order valence-electron chi connectivity index (χ3n) is 5.89. The van der Waals surface area contributed by atoms with Crippen molar-refractivity contribution in [3.8, 4) is 0 Å². The minimum Gasteiger partial charge on any atom is -0.479 e. The lowest BCUT2D eigenvalue weighted by Gasteiger charge is -2.16. The predicted octanol–water partition coefficient (Wildman–Crippen LogP) is 1.70. The number of aryl methyl sites for hydroxylation is 1. The van der Waals surface area contributed by atoms with E-state index in [1.807, 2.05) is 12.1 Å². The van der Waals surface area contributed by atoms with E-state index in [-0.39, 0.29) is 5.56 Å². The number of fused-ring (bicyclic) bond motifs is 1. The molecule has 0 bridgehead atoms. The van der Waals surface area contributed by atoms with Gasteiger partial charge in [0, 0.05) is 30.1 Å². The second-order valence-electron chi connectivity index (χ2n) is 8.36. The molecule has 1 aromatic heterocycles. The molecule has 1 saturated heterocycles. The number of carboxylic acid groups (broad SMARTS) is 2. The highest BCUT2D eigenvalue weighted by Crippen LogP contribution is 2.28. The Kier molecular flexibility index (Phi) is 8.17. The average Bonchev–Trinajstić information content (AvgIpc) is 3.28. The molecule has 3 aromatic rings. The van der Waals surface area contributed by atoms with Crippen LogP contribution in [0.5, 0.6) is 0 Å². The molecule has 0 spiro atoms. The zero-order valence-corrected chi connectivity index (χ0v) is 18.7. The number of rotatable bonds is 6. The van der Waals surface area contributed by atoms with Gasteiger partial charge in [0.25, 0.3) is 5.56 Å². The highest BCUT2D eigenvalue weighted by Gasteiger charge is 2.29. The first-order valence-corrected chi connectivity index (χ1v) is 10.9. The molecule has 5 N–H and O–H groups in total. The van der Waals surface area contributed by atoms with Crippen LogP contribution >= 0.6 is 0 Å². The number of nitrogens with one attached hydrogen (secondary N) is 1. The Morgan fingerprint density at radius 1 is 1.00 bits per heavy atom. The maximum atomic E-state index is 12.4. The van der Waals surface area contributed by atoms with Gasteiger partial charge < -0.3 is 25.4 Å². The molecule has 2 heterocycles. The maximum absolute atomic E-state index is 12.4. The number of carboxylic acids is 2. The van der Waals surface area contributed by atoms with Crippen LogP contribution in [0.2, 0.25) is 0 Å². The lowest BCUT2D eigenvalue weighted by molar-refractivity contribution is -0.165. The van der Waals surface area contributed by atoms with Crippen LogP contribution in [0.3, 0.4) is 0 Å². The van der Waals surface area contributed by atoms with E-state index in [1.165, 1.54) is 11.1 Å². The Balaban J connectivity index is 0.000000277. The summed E-state index contributed by atoms with van der Waals surface area (Å²) in [5.41, 5.74) is 3.63. The van der Waals surface area contributed by atoms with Crippen LogP contribution in [0.25, 0.3) is 10.8 Å². The molecule has 180 valence electrons. The summed E-state index contributed by atoms with van der Waals surface area (Å²) in [5, 5.41) is 34.4. The highest BCUT2D eigenvalue weighted by atomic mass is 16.4. The second kappa shape index (κ2) is 11.1. The van der Waals surface area contributed by atoms with Crippen molar-refractivity contribution in [1.29, 1.82) is 0 Å². The maximum Gasteiger partial charge on any atom is 0.335 e. The van der Waals surface area contributed by atoms with Crippen LogP contribution in [-0.2, 0) is 16.1 Å². The zero-order chi connectivity index (χ0) is 24.8. The number of nitrogens with zero attached hydrogens (tertiary/aromatic N) is 1. The number of hydrogen-bond donors (Lipinski definition) is 5. The molecule has 3 atom stereocenters. The van der Waals surface area contributed by atoms with Crippen molar-refractivity contribution in [3.63, 3.8) is 0 Å². The van der Waals surface area contributed by atoms with Crippen molar-refractivity contribution in [2.75, 3.05) is 13.1 Å². The monoisotopic (exact) mass is 468 g/mol. The van der Waals surface area contributed by atoms with Gasteiger partial charge in [0.2, 0.25) is 0 Å². The molecule has 0 aliphatic carbocycles. The van der Waals surface area contributed by atoms with Crippen molar-refractivity contribution in [2.45, 2.75) is 38.0 Å². The number of benzene rings is 2. The van der Waals surface area contributed by atoms with E-state index < -0.39 is 24.1 Å². The molecule has 34 heavy (non-hydrogen) atoms. The number of likely N-dealkylation sites (tertiary alicyclic amines) is 1. The van der Waals surface area contributed by atoms with E-state index in [0.29, 0.717) is 5.92 Å². The van der Waals surface area contributed by atoms with Crippen molar-refractivity contribution >= 4 is 22.7 Å². The third kappa shape index (κ3) is 6.07.